The third-order valence-electron chi connectivity index (χ3n) is 2.22. The van der Waals surface area contributed by atoms with Gasteiger partial charge in [-0.1, -0.05) is 0 Å². The Morgan fingerprint density at radius 2 is 2.24 bits per heavy atom. The van der Waals surface area contributed by atoms with E-state index in [0.717, 1.165) is 0 Å². The molecule has 0 aliphatic carbocycles. The van der Waals surface area contributed by atoms with Crippen molar-refractivity contribution in [2.24, 2.45) is 0 Å². The summed E-state index contributed by atoms with van der Waals surface area (Å²) in [6.07, 6.45) is -0.666. The Labute approximate surface area is 100 Å². The molecule has 17 heavy (non-hydrogen) atoms. The monoisotopic (exact) mass is 243 g/mol. The van der Waals surface area contributed by atoms with Crippen LogP contribution < -0.4 is 10.1 Å². The largest absolute Gasteiger partial charge is 0.497 e. The van der Waals surface area contributed by atoms with Gasteiger partial charge in [-0.25, -0.2) is 4.39 Å². The quantitative estimate of drug-likeness (QED) is 0.764. The first-order valence-corrected chi connectivity index (χ1v) is 5.50. The molecule has 1 unspecified atom stereocenters. The summed E-state index contributed by atoms with van der Waals surface area (Å²) in [5, 5.41) is 12.3. The number of nitrogens with one attached hydrogen (secondary N) is 1. The molecule has 1 atom stereocenters. The molecule has 0 aromatic heterocycles. The molecule has 0 saturated carbocycles. The lowest BCUT2D eigenvalue weighted by Gasteiger charge is -2.13. The Morgan fingerprint density at radius 3 is 2.88 bits per heavy atom. The van der Waals surface area contributed by atoms with E-state index in [1.54, 1.807) is 6.07 Å². The highest BCUT2D eigenvalue weighted by Gasteiger charge is 2.07. The molecule has 0 aliphatic rings. The van der Waals surface area contributed by atoms with Gasteiger partial charge in [0, 0.05) is 19.2 Å². The van der Waals surface area contributed by atoms with Gasteiger partial charge in [-0.15, -0.1) is 0 Å². The summed E-state index contributed by atoms with van der Waals surface area (Å²) < 4.78 is 23.4. The zero-order valence-electron chi connectivity index (χ0n) is 10.1. The maximum absolute atomic E-state index is 13.4. The van der Waals surface area contributed by atoms with Gasteiger partial charge in [0.05, 0.1) is 25.5 Å². The third-order valence-corrected chi connectivity index (χ3v) is 2.22. The average molecular weight is 243 g/mol. The molecule has 5 heteroatoms. The number of aliphatic hydroxyl groups is 1. The summed E-state index contributed by atoms with van der Waals surface area (Å²) in [4.78, 5) is 0. The van der Waals surface area contributed by atoms with E-state index in [1.165, 1.54) is 19.2 Å². The van der Waals surface area contributed by atoms with Gasteiger partial charge in [-0.3, -0.25) is 0 Å². The molecule has 0 fully saturated rings. The number of halogens is 1. The molecule has 0 saturated heterocycles. The summed E-state index contributed by atoms with van der Waals surface area (Å²) in [6.45, 7) is 2.85. The molecule has 4 nitrogen and oxygen atoms in total. The van der Waals surface area contributed by atoms with Crippen LogP contribution in [0, 0.1) is 5.82 Å². The van der Waals surface area contributed by atoms with Crippen LogP contribution >= 0.6 is 0 Å². The van der Waals surface area contributed by atoms with Crippen LogP contribution in [0.15, 0.2) is 18.2 Å². The Morgan fingerprint density at radius 1 is 1.47 bits per heavy atom. The van der Waals surface area contributed by atoms with Crippen LogP contribution in [-0.2, 0) is 4.74 Å². The molecular formula is C12H18FNO3. The van der Waals surface area contributed by atoms with Crippen LogP contribution in [0.3, 0.4) is 0 Å². The number of benzene rings is 1. The van der Waals surface area contributed by atoms with Crippen molar-refractivity contribution >= 4 is 5.69 Å². The fourth-order valence-electron chi connectivity index (χ4n) is 1.31. The second-order valence-corrected chi connectivity index (χ2v) is 3.54. The fourth-order valence-corrected chi connectivity index (χ4v) is 1.31. The van der Waals surface area contributed by atoms with E-state index < -0.39 is 6.10 Å². The van der Waals surface area contributed by atoms with Crippen molar-refractivity contribution in [3.63, 3.8) is 0 Å². The number of hydrogen-bond acceptors (Lipinski definition) is 4. The molecule has 2 N–H and O–H groups in total. The second-order valence-electron chi connectivity index (χ2n) is 3.54. The number of anilines is 1. The van der Waals surface area contributed by atoms with E-state index in [0.29, 0.717) is 18.0 Å². The number of methoxy groups -OCH3 is 1. The Kier molecular flexibility index (Phi) is 5.72. The fraction of sp³-hybridized carbons (Fsp3) is 0.500. The maximum Gasteiger partial charge on any atom is 0.146 e. The van der Waals surface area contributed by atoms with Crippen molar-refractivity contribution in [1.82, 2.24) is 0 Å². The smallest absolute Gasteiger partial charge is 0.146 e. The normalized spacial score (nSPS) is 12.2. The predicted molar refractivity (Wildman–Crippen MR) is 63.9 cm³/mol. The van der Waals surface area contributed by atoms with Gasteiger partial charge in [0.25, 0.3) is 0 Å². The van der Waals surface area contributed by atoms with Crippen LogP contribution in [0.25, 0.3) is 0 Å². The molecule has 0 amide bonds. The van der Waals surface area contributed by atoms with E-state index in [9.17, 15) is 9.50 Å². The topological polar surface area (TPSA) is 50.7 Å². The molecule has 0 spiro atoms. The number of aliphatic hydroxyl groups excluding tert-OH is 1. The van der Waals surface area contributed by atoms with Crippen LogP contribution in [0.4, 0.5) is 10.1 Å². The summed E-state index contributed by atoms with van der Waals surface area (Å²) >= 11 is 0. The van der Waals surface area contributed by atoms with Gasteiger partial charge in [-0.05, 0) is 19.1 Å². The van der Waals surface area contributed by atoms with Gasteiger partial charge in [-0.2, -0.15) is 0 Å². The lowest BCUT2D eigenvalue weighted by atomic mass is 10.2. The van der Waals surface area contributed by atoms with E-state index in [4.69, 9.17) is 9.47 Å². The van der Waals surface area contributed by atoms with Gasteiger partial charge in [0.1, 0.15) is 11.6 Å². The SMILES string of the molecule is CCOCC(O)CNc1cc(OC)ccc1F. The highest BCUT2D eigenvalue weighted by atomic mass is 19.1. The number of hydrogen-bond donors (Lipinski definition) is 2. The summed E-state index contributed by atoms with van der Waals surface area (Å²) in [6, 6.07) is 4.40. The Bertz CT molecular complexity index is 347. The summed E-state index contributed by atoms with van der Waals surface area (Å²) in [7, 11) is 1.51. The predicted octanol–water partition coefficient (Wildman–Crippen LogP) is 1.64. The minimum atomic E-state index is -0.666. The van der Waals surface area contributed by atoms with Crippen LogP contribution in [-0.4, -0.2) is 38.1 Å². The summed E-state index contributed by atoms with van der Waals surface area (Å²) in [5.41, 5.74) is 0.305. The van der Waals surface area contributed by atoms with Gasteiger partial charge in [0.15, 0.2) is 0 Å². The lowest BCUT2D eigenvalue weighted by molar-refractivity contribution is 0.0495. The van der Waals surface area contributed by atoms with Gasteiger partial charge >= 0.3 is 0 Å². The Balaban J connectivity index is 2.50. The highest BCUT2D eigenvalue weighted by molar-refractivity contribution is 5.49. The van der Waals surface area contributed by atoms with Crippen LogP contribution in [0.2, 0.25) is 0 Å². The van der Waals surface area contributed by atoms with Gasteiger partial charge < -0.3 is 19.9 Å². The first-order valence-electron chi connectivity index (χ1n) is 5.50. The summed E-state index contributed by atoms with van der Waals surface area (Å²) in [5.74, 6) is 0.183. The Hall–Kier alpha value is -1.33. The zero-order chi connectivity index (χ0) is 12.7. The van der Waals surface area contributed by atoms with Crippen molar-refractivity contribution < 1.29 is 19.0 Å². The van der Waals surface area contributed by atoms with Gasteiger partial charge in [0.2, 0.25) is 0 Å². The standard InChI is InChI=1S/C12H18FNO3/c1-3-17-8-9(15)7-14-12-6-10(16-2)4-5-11(12)13/h4-6,9,14-15H,3,7-8H2,1-2H3. The van der Waals surface area contributed by atoms with E-state index in [1.807, 2.05) is 6.92 Å². The molecule has 96 valence electrons. The van der Waals surface area contributed by atoms with E-state index in [2.05, 4.69) is 5.32 Å². The first kappa shape index (κ1) is 13.7. The van der Waals surface area contributed by atoms with Crippen LogP contribution in [0.5, 0.6) is 5.75 Å². The third kappa shape index (κ3) is 4.58. The minimum Gasteiger partial charge on any atom is -0.497 e. The van der Waals surface area contributed by atoms with Crippen molar-refractivity contribution in [2.45, 2.75) is 13.0 Å². The zero-order valence-corrected chi connectivity index (χ0v) is 10.1. The van der Waals surface area contributed by atoms with Crippen molar-refractivity contribution in [1.29, 1.82) is 0 Å². The lowest BCUT2D eigenvalue weighted by Crippen LogP contribution is -2.25. The number of rotatable bonds is 7. The molecule has 1 aromatic rings. The minimum absolute atomic E-state index is 0.226. The van der Waals surface area contributed by atoms with Crippen molar-refractivity contribution in [3.8, 4) is 5.75 Å². The number of ether oxygens (including phenoxy) is 2. The molecule has 0 bridgehead atoms. The van der Waals surface area contributed by atoms with Crippen molar-refractivity contribution in [3.05, 3.63) is 24.0 Å². The first-order chi connectivity index (χ1) is 8.17. The molecule has 1 rings (SSSR count). The van der Waals surface area contributed by atoms with E-state index >= 15 is 0 Å². The molecule has 1 aromatic carbocycles. The highest BCUT2D eigenvalue weighted by Crippen LogP contribution is 2.20. The van der Waals surface area contributed by atoms with Crippen LogP contribution in [0.1, 0.15) is 6.92 Å². The molecule has 0 heterocycles. The average Bonchev–Trinajstić information content (AvgIpc) is 2.35. The molecular weight excluding hydrogens is 225 g/mol. The second kappa shape index (κ2) is 7.09. The maximum atomic E-state index is 13.4. The van der Waals surface area contributed by atoms with E-state index in [-0.39, 0.29) is 19.0 Å². The molecule has 0 aliphatic heterocycles. The molecule has 0 radical (unpaired) electrons. The van der Waals surface area contributed by atoms with Crippen molar-refractivity contribution in [2.75, 3.05) is 32.2 Å².